The highest BCUT2D eigenvalue weighted by molar-refractivity contribution is 7.80. The van der Waals surface area contributed by atoms with E-state index in [1.165, 1.54) is 16.7 Å². The van der Waals surface area contributed by atoms with E-state index in [1.807, 2.05) is 36.1 Å². The van der Waals surface area contributed by atoms with E-state index in [9.17, 15) is 4.79 Å². The molecule has 1 N–H and O–H groups in total. The predicted molar refractivity (Wildman–Crippen MR) is 126 cm³/mol. The number of ketones is 1. The Kier molecular flexibility index (Phi) is 6.93. The van der Waals surface area contributed by atoms with Gasteiger partial charge in [0, 0.05) is 17.8 Å². The number of carbonyl (C=O) groups is 1. The molecule has 0 saturated carbocycles. The summed E-state index contributed by atoms with van der Waals surface area (Å²) in [7, 11) is 0. The number of hydrogen-bond donors (Lipinski definition) is 1. The molecule has 0 saturated heterocycles. The minimum Gasteiger partial charge on any atom is -0.489 e. The molecule has 1 aliphatic heterocycles. The highest BCUT2D eigenvalue weighted by atomic mass is 32.1. The molecule has 30 heavy (non-hydrogen) atoms. The number of rotatable bonds is 7. The van der Waals surface area contributed by atoms with Gasteiger partial charge in [0.2, 0.25) is 0 Å². The smallest absolute Gasteiger partial charge is 0.173 e. The molecular weight excluding hydrogens is 392 g/mol. The lowest BCUT2D eigenvalue weighted by Crippen LogP contribution is -2.47. The molecule has 1 atom stereocenters. The van der Waals surface area contributed by atoms with Crippen molar-refractivity contribution in [1.82, 2.24) is 10.2 Å². The van der Waals surface area contributed by atoms with Crippen molar-refractivity contribution < 1.29 is 9.53 Å². The summed E-state index contributed by atoms with van der Waals surface area (Å²) in [5, 5.41) is 4.03. The van der Waals surface area contributed by atoms with Gasteiger partial charge in [-0.25, -0.2) is 0 Å². The Balaban J connectivity index is 1.88. The van der Waals surface area contributed by atoms with Crippen LogP contribution >= 0.6 is 12.2 Å². The number of nitrogens with zero attached hydrogens (tertiary/aromatic N) is 1. The van der Waals surface area contributed by atoms with Gasteiger partial charge in [-0.15, -0.1) is 0 Å². The number of hydrogen-bond acceptors (Lipinski definition) is 3. The summed E-state index contributed by atoms with van der Waals surface area (Å²) in [6.07, 6.45) is 0.955. The zero-order chi connectivity index (χ0) is 21.8. The maximum absolute atomic E-state index is 12.5. The first-order valence-corrected chi connectivity index (χ1v) is 10.8. The number of Topliss-reactive ketones (excluding diaryl/α,β-unsaturated/α-hetero) is 1. The number of ether oxygens (including phenoxy) is 1. The van der Waals surface area contributed by atoms with E-state index >= 15 is 0 Å². The fourth-order valence-corrected chi connectivity index (χ4v) is 4.23. The van der Waals surface area contributed by atoms with Crippen LogP contribution in [0.5, 0.6) is 5.75 Å². The predicted octanol–water partition coefficient (Wildman–Crippen LogP) is 5.39. The van der Waals surface area contributed by atoms with Crippen molar-refractivity contribution in [2.75, 3.05) is 6.54 Å². The molecule has 0 amide bonds. The van der Waals surface area contributed by atoms with Gasteiger partial charge in [0.1, 0.15) is 12.4 Å². The Morgan fingerprint density at radius 1 is 1.17 bits per heavy atom. The molecule has 0 spiro atoms. The van der Waals surface area contributed by atoms with Crippen molar-refractivity contribution >= 4 is 23.1 Å². The number of thiocarbonyl (C=S) groups is 1. The molecule has 4 nitrogen and oxygen atoms in total. The quantitative estimate of drug-likeness (QED) is 0.606. The van der Waals surface area contributed by atoms with Crippen LogP contribution in [0.15, 0.2) is 53.7 Å². The summed E-state index contributed by atoms with van der Waals surface area (Å²) < 4.78 is 6.10. The lowest BCUT2D eigenvalue weighted by molar-refractivity contribution is -0.114. The average molecular weight is 423 g/mol. The normalized spacial score (nSPS) is 16.5. The van der Waals surface area contributed by atoms with Crippen LogP contribution in [-0.2, 0) is 11.4 Å². The van der Waals surface area contributed by atoms with E-state index in [0.717, 1.165) is 35.5 Å². The number of allylic oxidation sites excluding steroid dienone is 1. The second kappa shape index (κ2) is 9.43. The van der Waals surface area contributed by atoms with Crippen molar-refractivity contribution in [3.8, 4) is 5.75 Å². The SMILES string of the molecule is CCCN1C(=S)NC(c2cccc(OCc3cc(C)ccc3C)c2)C(C(C)=O)=C1C. The van der Waals surface area contributed by atoms with Gasteiger partial charge < -0.3 is 15.0 Å². The number of nitrogens with one attached hydrogen (secondary N) is 1. The second-order valence-electron chi connectivity index (χ2n) is 7.88. The lowest BCUT2D eigenvalue weighted by Gasteiger charge is -2.37. The minimum atomic E-state index is -0.271. The Labute approximate surface area is 184 Å². The summed E-state index contributed by atoms with van der Waals surface area (Å²) >= 11 is 5.60. The maximum Gasteiger partial charge on any atom is 0.173 e. The molecule has 0 radical (unpaired) electrons. The fourth-order valence-electron chi connectivity index (χ4n) is 3.88. The van der Waals surface area contributed by atoms with Gasteiger partial charge in [-0.3, -0.25) is 4.79 Å². The lowest BCUT2D eigenvalue weighted by atomic mass is 9.92. The van der Waals surface area contributed by atoms with E-state index in [-0.39, 0.29) is 11.8 Å². The Morgan fingerprint density at radius 3 is 2.63 bits per heavy atom. The minimum absolute atomic E-state index is 0.0512. The molecule has 2 aromatic carbocycles. The van der Waals surface area contributed by atoms with Gasteiger partial charge in [-0.05, 0) is 75.2 Å². The molecular formula is C25H30N2O2S. The summed E-state index contributed by atoms with van der Waals surface area (Å²) in [6, 6.07) is 14.0. The first-order chi connectivity index (χ1) is 14.3. The standard InChI is InChI=1S/C25H30N2O2S/c1-6-12-27-18(4)23(19(5)28)24(26-25(27)30)20-8-7-9-22(14-20)29-15-21-13-16(2)10-11-17(21)3/h7-11,13-14,24H,6,12,15H2,1-5H3,(H,26,30). The average Bonchev–Trinajstić information content (AvgIpc) is 2.71. The van der Waals surface area contributed by atoms with Crippen molar-refractivity contribution in [2.45, 2.75) is 53.7 Å². The molecule has 0 aromatic heterocycles. The fraction of sp³-hybridized carbons (Fsp3) is 0.360. The summed E-state index contributed by atoms with van der Waals surface area (Å²) in [5.41, 5.74) is 6.26. The highest BCUT2D eigenvalue weighted by Gasteiger charge is 2.31. The molecule has 1 heterocycles. The summed E-state index contributed by atoms with van der Waals surface area (Å²) in [5.74, 6) is 0.827. The zero-order valence-electron chi connectivity index (χ0n) is 18.4. The van der Waals surface area contributed by atoms with Crippen molar-refractivity contribution in [3.63, 3.8) is 0 Å². The van der Waals surface area contributed by atoms with Gasteiger partial charge in [0.15, 0.2) is 10.9 Å². The third kappa shape index (κ3) is 4.73. The van der Waals surface area contributed by atoms with E-state index in [4.69, 9.17) is 17.0 Å². The number of benzene rings is 2. The molecule has 3 rings (SSSR count). The first-order valence-electron chi connectivity index (χ1n) is 10.4. The maximum atomic E-state index is 12.5. The molecule has 2 aromatic rings. The summed E-state index contributed by atoms with van der Waals surface area (Å²) in [6.45, 7) is 11.2. The van der Waals surface area contributed by atoms with Crippen LogP contribution in [0.1, 0.15) is 55.5 Å². The van der Waals surface area contributed by atoms with Gasteiger partial charge in [0.05, 0.1) is 6.04 Å². The summed E-state index contributed by atoms with van der Waals surface area (Å²) in [4.78, 5) is 14.5. The molecule has 0 aliphatic carbocycles. The Morgan fingerprint density at radius 2 is 1.93 bits per heavy atom. The monoisotopic (exact) mass is 422 g/mol. The van der Waals surface area contributed by atoms with Gasteiger partial charge in [0.25, 0.3) is 0 Å². The van der Waals surface area contributed by atoms with Crippen LogP contribution in [-0.4, -0.2) is 22.3 Å². The second-order valence-corrected chi connectivity index (χ2v) is 8.27. The molecule has 5 heteroatoms. The van der Waals surface area contributed by atoms with Crippen LogP contribution in [0.4, 0.5) is 0 Å². The highest BCUT2D eigenvalue weighted by Crippen LogP contribution is 2.32. The van der Waals surface area contributed by atoms with Crippen molar-refractivity contribution in [3.05, 3.63) is 76.0 Å². The molecule has 0 bridgehead atoms. The third-order valence-corrected chi connectivity index (χ3v) is 5.85. The van der Waals surface area contributed by atoms with Gasteiger partial charge in [-0.2, -0.15) is 0 Å². The van der Waals surface area contributed by atoms with Crippen LogP contribution < -0.4 is 10.1 Å². The number of aryl methyl sites for hydroxylation is 2. The van der Waals surface area contributed by atoms with E-state index < -0.39 is 0 Å². The van der Waals surface area contributed by atoms with Crippen LogP contribution in [0, 0.1) is 13.8 Å². The van der Waals surface area contributed by atoms with Crippen molar-refractivity contribution in [2.24, 2.45) is 0 Å². The molecule has 1 unspecified atom stereocenters. The zero-order valence-corrected chi connectivity index (χ0v) is 19.2. The van der Waals surface area contributed by atoms with Crippen LogP contribution in [0.25, 0.3) is 0 Å². The van der Waals surface area contributed by atoms with E-state index in [2.05, 4.69) is 44.3 Å². The molecule has 1 aliphatic rings. The molecule has 158 valence electrons. The van der Waals surface area contributed by atoms with Crippen LogP contribution in [0.3, 0.4) is 0 Å². The van der Waals surface area contributed by atoms with E-state index in [1.54, 1.807) is 6.92 Å². The van der Waals surface area contributed by atoms with Gasteiger partial charge >= 0.3 is 0 Å². The third-order valence-electron chi connectivity index (χ3n) is 5.51. The van der Waals surface area contributed by atoms with Gasteiger partial charge in [-0.1, -0.05) is 42.8 Å². The number of carbonyl (C=O) groups excluding carboxylic acids is 1. The largest absolute Gasteiger partial charge is 0.489 e. The topological polar surface area (TPSA) is 41.6 Å². The van der Waals surface area contributed by atoms with Crippen molar-refractivity contribution in [1.29, 1.82) is 0 Å². The van der Waals surface area contributed by atoms with Crippen LogP contribution in [0.2, 0.25) is 0 Å². The van der Waals surface area contributed by atoms with E-state index in [0.29, 0.717) is 11.7 Å². The molecule has 0 fully saturated rings. The first kappa shape index (κ1) is 22.0. The Bertz CT molecular complexity index is 996. The Hall–Kier alpha value is -2.66.